The Labute approximate surface area is 161 Å². The summed E-state index contributed by atoms with van der Waals surface area (Å²) in [7, 11) is 0. The second-order valence-electron chi connectivity index (χ2n) is 4.89. The Morgan fingerprint density at radius 1 is 0.643 bits per heavy atom. The standard InChI is InChI=1S/C16H18N4O8/c17-9-23-5-1-3-13(27-11-19)15(21)25-7-8-26-16(22)14(28-12-20)4-2-6-24-10-18/h13-14H,1-8H2. The van der Waals surface area contributed by atoms with Crippen molar-refractivity contribution in [1.29, 1.82) is 21.0 Å². The van der Waals surface area contributed by atoms with Crippen LogP contribution in [0.4, 0.5) is 0 Å². The predicted molar refractivity (Wildman–Crippen MR) is 84.5 cm³/mol. The van der Waals surface area contributed by atoms with Crippen molar-refractivity contribution in [2.45, 2.75) is 37.9 Å². The fraction of sp³-hybridized carbons (Fsp3) is 0.625. The normalized spacial score (nSPS) is 11.1. The number of hydrogen-bond donors (Lipinski definition) is 0. The number of ether oxygens (including phenoxy) is 6. The van der Waals surface area contributed by atoms with Crippen LogP contribution in [0.25, 0.3) is 0 Å². The predicted octanol–water partition coefficient (Wildman–Crippen LogP) is 0.361. The van der Waals surface area contributed by atoms with Crippen LogP contribution in [0.1, 0.15) is 25.7 Å². The van der Waals surface area contributed by atoms with Crippen LogP contribution in [0.5, 0.6) is 0 Å². The molecule has 0 N–H and O–H groups in total. The minimum Gasteiger partial charge on any atom is -0.459 e. The number of nitrogens with zero attached hydrogens (tertiary/aromatic N) is 4. The maximum Gasteiger partial charge on any atom is 0.348 e. The quantitative estimate of drug-likeness (QED) is 0.211. The van der Waals surface area contributed by atoms with Gasteiger partial charge >= 0.3 is 11.9 Å². The van der Waals surface area contributed by atoms with Gasteiger partial charge < -0.3 is 28.4 Å². The Kier molecular flexibility index (Phi) is 14.3. The van der Waals surface area contributed by atoms with E-state index in [0.29, 0.717) is 0 Å². The van der Waals surface area contributed by atoms with Crippen LogP contribution in [0.3, 0.4) is 0 Å². The van der Waals surface area contributed by atoms with Gasteiger partial charge in [0.25, 0.3) is 25.0 Å². The fourth-order valence-corrected chi connectivity index (χ4v) is 1.82. The van der Waals surface area contributed by atoms with Crippen molar-refractivity contribution in [2.75, 3.05) is 26.4 Å². The number of rotatable bonds is 15. The van der Waals surface area contributed by atoms with Crippen molar-refractivity contribution >= 4 is 11.9 Å². The van der Waals surface area contributed by atoms with Crippen LogP contribution < -0.4 is 0 Å². The van der Waals surface area contributed by atoms with E-state index in [2.05, 4.69) is 18.9 Å². The summed E-state index contributed by atoms with van der Waals surface area (Å²) in [6.45, 7) is -0.485. The number of carbonyl (C=O) groups excluding carboxylic acids is 2. The molecule has 0 fully saturated rings. The molecule has 12 nitrogen and oxygen atoms in total. The molecule has 28 heavy (non-hydrogen) atoms. The zero-order valence-electron chi connectivity index (χ0n) is 14.9. The molecule has 0 aromatic heterocycles. The molecule has 0 saturated carbocycles. The van der Waals surface area contributed by atoms with Crippen molar-refractivity contribution in [1.82, 2.24) is 0 Å². The maximum absolute atomic E-state index is 11.8. The molecule has 0 aliphatic rings. The Bertz CT molecular complexity index is 587. The van der Waals surface area contributed by atoms with Gasteiger partial charge in [-0.25, -0.2) is 9.59 Å². The molecule has 0 aromatic rings. The van der Waals surface area contributed by atoms with Crippen LogP contribution in [0.2, 0.25) is 0 Å². The van der Waals surface area contributed by atoms with Gasteiger partial charge in [0, 0.05) is 0 Å². The number of hydrogen-bond acceptors (Lipinski definition) is 12. The van der Waals surface area contributed by atoms with Gasteiger partial charge in [-0.2, -0.15) is 21.0 Å². The van der Waals surface area contributed by atoms with Crippen LogP contribution >= 0.6 is 0 Å². The third kappa shape index (κ3) is 11.6. The van der Waals surface area contributed by atoms with Gasteiger partial charge in [-0.15, -0.1) is 0 Å². The van der Waals surface area contributed by atoms with Gasteiger partial charge in [0.15, 0.2) is 0 Å². The summed E-state index contributed by atoms with van der Waals surface area (Å²) >= 11 is 0. The molecule has 150 valence electrons. The summed E-state index contributed by atoms with van der Waals surface area (Å²) in [6.07, 6.45) is 4.13. The molecule has 0 saturated heterocycles. The Morgan fingerprint density at radius 3 is 1.36 bits per heavy atom. The Hall–Kier alpha value is -3.90. The lowest BCUT2D eigenvalue weighted by Gasteiger charge is -2.14. The van der Waals surface area contributed by atoms with Crippen LogP contribution in [-0.2, 0) is 38.0 Å². The van der Waals surface area contributed by atoms with E-state index in [4.69, 9.17) is 30.5 Å². The zero-order chi connectivity index (χ0) is 21.0. The Balaban J connectivity index is 4.22. The van der Waals surface area contributed by atoms with Gasteiger partial charge in [-0.05, 0) is 25.7 Å². The van der Waals surface area contributed by atoms with E-state index in [9.17, 15) is 9.59 Å². The van der Waals surface area contributed by atoms with Gasteiger partial charge in [-0.3, -0.25) is 0 Å². The topological polar surface area (TPSA) is 185 Å². The third-order valence-electron chi connectivity index (χ3n) is 3.04. The second kappa shape index (κ2) is 16.6. The lowest BCUT2D eigenvalue weighted by atomic mass is 10.2. The maximum atomic E-state index is 11.8. The summed E-state index contributed by atoms with van der Waals surface area (Å²) in [4.78, 5) is 23.7. The first-order valence-electron chi connectivity index (χ1n) is 8.05. The smallest absolute Gasteiger partial charge is 0.348 e. The van der Waals surface area contributed by atoms with Crippen LogP contribution in [0.15, 0.2) is 0 Å². The van der Waals surface area contributed by atoms with Gasteiger partial charge in [0.1, 0.15) is 26.4 Å². The molecule has 0 aromatic carbocycles. The average Bonchev–Trinajstić information content (AvgIpc) is 2.69. The summed E-state index contributed by atoms with van der Waals surface area (Å²) in [5.41, 5.74) is 0. The Morgan fingerprint density at radius 2 is 1.04 bits per heavy atom. The lowest BCUT2D eigenvalue weighted by molar-refractivity contribution is -0.162. The molecule has 0 spiro atoms. The molecular formula is C16H18N4O8. The molecule has 0 aliphatic carbocycles. The number of nitriles is 4. The highest BCUT2D eigenvalue weighted by Gasteiger charge is 2.24. The van der Waals surface area contributed by atoms with Crippen molar-refractivity contribution in [3.8, 4) is 25.0 Å². The molecule has 0 radical (unpaired) electrons. The van der Waals surface area contributed by atoms with E-state index < -0.39 is 24.1 Å². The van der Waals surface area contributed by atoms with E-state index in [-0.39, 0.29) is 52.1 Å². The molecule has 0 rings (SSSR count). The summed E-state index contributed by atoms with van der Waals surface area (Å²) in [6, 6.07) is 0. The van der Waals surface area contributed by atoms with Gasteiger partial charge in [0.05, 0.1) is 0 Å². The molecular weight excluding hydrogens is 376 g/mol. The van der Waals surface area contributed by atoms with E-state index in [1.54, 1.807) is 0 Å². The number of esters is 2. The monoisotopic (exact) mass is 394 g/mol. The third-order valence-corrected chi connectivity index (χ3v) is 3.04. The summed E-state index contributed by atoms with van der Waals surface area (Å²) < 4.78 is 27.8. The molecule has 2 atom stereocenters. The molecule has 12 heteroatoms. The molecule has 2 unspecified atom stereocenters. The molecule has 0 bridgehead atoms. The lowest BCUT2D eigenvalue weighted by Crippen LogP contribution is -2.29. The molecule has 0 amide bonds. The SMILES string of the molecule is N#COCCCC(OC#N)C(=O)OCCOC(=O)C(CCCOC#N)OC#N. The van der Waals surface area contributed by atoms with E-state index >= 15 is 0 Å². The minimum atomic E-state index is -1.17. The van der Waals surface area contributed by atoms with E-state index in [1.165, 1.54) is 25.0 Å². The first kappa shape index (κ1) is 24.1. The van der Waals surface area contributed by atoms with Gasteiger partial charge in [-0.1, -0.05) is 0 Å². The average molecular weight is 394 g/mol. The largest absolute Gasteiger partial charge is 0.459 e. The highest BCUT2D eigenvalue weighted by molar-refractivity contribution is 5.75. The van der Waals surface area contributed by atoms with Crippen LogP contribution in [-0.4, -0.2) is 50.6 Å². The van der Waals surface area contributed by atoms with Crippen molar-refractivity contribution < 1.29 is 38.0 Å². The second-order valence-corrected chi connectivity index (χ2v) is 4.89. The van der Waals surface area contributed by atoms with Crippen molar-refractivity contribution in [3.05, 3.63) is 0 Å². The van der Waals surface area contributed by atoms with Gasteiger partial charge in [0.2, 0.25) is 12.2 Å². The summed E-state index contributed by atoms with van der Waals surface area (Å²) in [5.74, 6) is -1.68. The summed E-state index contributed by atoms with van der Waals surface area (Å²) in [5, 5.41) is 33.6. The highest BCUT2D eigenvalue weighted by atomic mass is 16.6. The van der Waals surface area contributed by atoms with E-state index in [1.807, 2.05) is 0 Å². The first-order chi connectivity index (χ1) is 13.6. The minimum absolute atomic E-state index is 0.0619. The molecule has 0 aliphatic heterocycles. The zero-order valence-corrected chi connectivity index (χ0v) is 14.9. The first-order valence-corrected chi connectivity index (χ1v) is 8.05. The number of carbonyl (C=O) groups is 2. The molecule has 0 heterocycles. The van der Waals surface area contributed by atoms with Crippen molar-refractivity contribution in [3.63, 3.8) is 0 Å². The fourth-order valence-electron chi connectivity index (χ4n) is 1.82. The van der Waals surface area contributed by atoms with Crippen LogP contribution in [0, 0.1) is 46.1 Å². The highest BCUT2D eigenvalue weighted by Crippen LogP contribution is 2.07. The van der Waals surface area contributed by atoms with E-state index in [0.717, 1.165) is 0 Å². The van der Waals surface area contributed by atoms with Crippen molar-refractivity contribution in [2.24, 2.45) is 0 Å².